The van der Waals surface area contributed by atoms with Crippen molar-refractivity contribution < 1.29 is 8.42 Å². The van der Waals surface area contributed by atoms with Gasteiger partial charge in [0.25, 0.3) is 0 Å². The highest BCUT2D eigenvalue weighted by atomic mass is 32.2. The predicted octanol–water partition coefficient (Wildman–Crippen LogP) is 1.32. The van der Waals surface area contributed by atoms with Crippen LogP contribution in [0.5, 0.6) is 0 Å². The van der Waals surface area contributed by atoms with E-state index in [1.54, 1.807) is 16.8 Å². The van der Waals surface area contributed by atoms with Crippen molar-refractivity contribution in [1.82, 2.24) is 9.71 Å². The Morgan fingerprint density at radius 1 is 1.53 bits per heavy atom. The fraction of sp³-hybridized carbons (Fsp3) is 0.667. The molecule has 6 heteroatoms. The van der Waals surface area contributed by atoms with Crippen LogP contribution >= 0.6 is 11.3 Å². The van der Waals surface area contributed by atoms with Crippen LogP contribution in [0, 0.1) is 6.92 Å². The van der Waals surface area contributed by atoms with Crippen LogP contribution in [0.15, 0.2) is 5.51 Å². The molecule has 0 spiro atoms. The minimum Gasteiger partial charge on any atom is -0.250 e. The quantitative estimate of drug-likeness (QED) is 0.826. The molecule has 1 N–H and O–H groups in total. The largest absolute Gasteiger partial charge is 0.250 e. The van der Waals surface area contributed by atoms with Gasteiger partial charge in [-0.15, -0.1) is 11.3 Å². The molecule has 15 heavy (non-hydrogen) atoms. The summed E-state index contributed by atoms with van der Waals surface area (Å²) in [5, 5.41) is 0. The van der Waals surface area contributed by atoms with Gasteiger partial charge >= 0.3 is 0 Å². The maximum atomic E-state index is 11.3. The van der Waals surface area contributed by atoms with Crippen molar-refractivity contribution in [3.05, 3.63) is 16.1 Å². The molecule has 0 atom stereocenters. The summed E-state index contributed by atoms with van der Waals surface area (Å²) < 4.78 is 25.2. The highest BCUT2D eigenvalue weighted by Gasteiger charge is 2.08. The van der Waals surface area contributed by atoms with Crippen molar-refractivity contribution in [3.63, 3.8) is 0 Å². The van der Waals surface area contributed by atoms with E-state index < -0.39 is 10.0 Å². The number of thiazole rings is 1. The third-order valence-electron chi connectivity index (χ3n) is 1.99. The first-order chi connectivity index (χ1) is 7.05. The molecule has 0 saturated heterocycles. The summed E-state index contributed by atoms with van der Waals surface area (Å²) >= 11 is 1.57. The van der Waals surface area contributed by atoms with E-state index in [0.29, 0.717) is 13.0 Å². The van der Waals surface area contributed by atoms with E-state index in [4.69, 9.17) is 0 Å². The Hall–Kier alpha value is -0.460. The van der Waals surface area contributed by atoms with Crippen LogP contribution in [0.4, 0.5) is 0 Å². The Balaban J connectivity index is 2.37. The molecule has 0 unspecified atom stereocenters. The highest BCUT2D eigenvalue weighted by molar-refractivity contribution is 7.89. The molecule has 0 aromatic carbocycles. The lowest BCUT2D eigenvalue weighted by molar-refractivity contribution is 0.580. The molecule has 1 heterocycles. The van der Waals surface area contributed by atoms with E-state index in [1.165, 1.54) is 0 Å². The molecule has 0 radical (unpaired) electrons. The first kappa shape index (κ1) is 12.6. The Labute approximate surface area is 94.8 Å². The summed E-state index contributed by atoms with van der Waals surface area (Å²) in [6.07, 6.45) is 1.37. The lowest BCUT2D eigenvalue weighted by Crippen LogP contribution is -2.28. The maximum Gasteiger partial charge on any atom is 0.211 e. The van der Waals surface area contributed by atoms with Crippen LogP contribution in [0.25, 0.3) is 0 Å². The van der Waals surface area contributed by atoms with Gasteiger partial charge in [-0.3, -0.25) is 0 Å². The minimum absolute atomic E-state index is 0.203. The number of nitrogens with zero attached hydrogens (tertiary/aromatic N) is 1. The zero-order valence-electron chi connectivity index (χ0n) is 8.99. The number of hydrogen-bond acceptors (Lipinski definition) is 4. The Morgan fingerprint density at radius 3 is 2.80 bits per heavy atom. The molecule has 0 bridgehead atoms. The summed E-state index contributed by atoms with van der Waals surface area (Å²) in [5.41, 5.74) is 2.78. The van der Waals surface area contributed by atoms with Gasteiger partial charge in [-0.25, -0.2) is 18.1 Å². The number of aromatic nitrogens is 1. The molecule has 1 aromatic heterocycles. The maximum absolute atomic E-state index is 11.3. The molecule has 0 amide bonds. The van der Waals surface area contributed by atoms with Crippen LogP contribution in [-0.4, -0.2) is 25.7 Å². The van der Waals surface area contributed by atoms with Crippen molar-refractivity contribution in [3.8, 4) is 0 Å². The molecule has 0 aliphatic rings. The molecule has 0 aliphatic heterocycles. The first-order valence-corrected chi connectivity index (χ1v) is 7.44. The minimum atomic E-state index is -3.06. The number of hydrogen-bond donors (Lipinski definition) is 1. The van der Waals surface area contributed by atoms with Crippen molar-refractivity contribution in [2.75, 3.05) is 12.3 Å². The third-order valence-corrected chi connectivity index (χ3v) is 4.58. The second-order valence-electron chi connectivity index (χ2n) is 3.32. The van der Waals surface area contributed by atoms with Crippen LogP contribution in [0.3, 0.4) is 0 Å². The predicted molar refractivity (Wildman–Crippen MR) is 62.6 cm³/mol. The molecule has 1 rings (SSSR count). The smallest absolute Gasteiger partial charge is 0.211 e. The van der Waals surface area contributed by atoms with Crippen LogP contribution in [0.1, 0.15) is 23.9 Å². The lowest BCUT2D eigenvalue weighted by atomic mass is 10.3. The van der Waals surface area contributed by atoms with Gasteiger partial charge in [0.05, 0.1) is 17.0 Å². The molecular formula is C9H16N2O2S2. The normalized spacial score (nSPS) is 11.9. The van der Waals surface area contributed by atoms with E-state index in [-0.39, 0.29) is 5.75 Å². The number of rotatable bonds is 6. The summed E-state index contributed by atoms with van der Waals surface area (Å²) in [5.74, 6) is 0.203. The molecule has 0 aliphatic carbocycles. The lowest BCUT2D eigenvalue weighted by Gasteiger charge is -2.04. The van der Waals surface area contributed by atoms with Crippen LogP contribution in [0.2, 0.25) is 0 Å². The van der Waals surface area contributed by atoms with E-state index in [9.17, 15) is 8.42 Å². The van der Waals surface area contributed by atoms with Crippen LogP contribution in [-0.2, 0) is 16.4 Å². The number of aryl methyl sites for hydroxylation is 1. The zero-order chi connectivity index (χ0) is 11.3. The second kappa shape index (κ2) is 5.58. The summed E-state index contributed by atoms with van der Waals surface area (Å²) in [6.45, 7) is 4.25. The van der Waals surface area contributed by atoms with Gasteiger partial charge in [0, 0.05) is 11.4 Å². The first-order valence-electron chi connectivity index (χ1n) is 4.91. The van der Waals surface area contributed by atoms with Gasteiger partial charge in [0.1, 0.15) is 0 Å². The molecule has 0 fully saturated rings. The number of nitrogens with one attached hydrogen (secondary N) is 1. The molecular weight excluding hydrogens is 232 g/mol. The van der Waals surface area contributed by atoms with Crippen LogP contribution < -0.4 is 4.72 Å². The Kier molecular flexibility index (Phi) is 4.69. The average Bonchev–Trinajstić information content (AvgIpc) is 2.51. The van der Waals surface area contributed by atoms with Gasteiger partial charge in [-0.1, -0.05) is 6.92 Å². The Morgan fingerprint density at radius 2 is 2.27 bits per heavy atom. The van der Waals surface area contributed by atoms with Gasteiger partial charge in [0.2, 0.25) is 10.0 Å². The van der Waals surface area contributed by atoms with E-state index in [0.717, 1.165) is 17.0 Å². The highest BCUT2D eigenvalue weighted by Crippen LogP contribution is 2.11. The molecule has 4 nitrogen and oxygen atoms in total. The average molecular weight is 248 g/mol. The molecule has 0 saturated carbocycles. The van der Waals surface area contributed by atoms with E-state index >= 15 is 0 Å². The van der Waals surface area contributed by atoms with E-state index in [2.05, 4.69) is 9.71 Å². The number of sulfonamides is 1. The van der Waals surface area contributed by atoms with Gasteiger partial charge in [-0.05, 0) is 19.8 Å². The molecule has 1 aromatic rings. The summed E-state index contributed by atoms with van der Waals surface area (Å²) in [6, 6.07) is 0. The van der Waals surface area contributed by atoms with Crippen molar-refractivity contribution in [2.24, 2.45) is 0 Å². The zero-order valence-corrected chi connectivity index (χ0v) is 10.6. The fourth-order valence-corrected chi connectivity index (χ4v) is 3.10. The topological polar surface area (TPSA) is 59.1 Å². The third kappa shape index (κ3) is 4.27. The summed E-state index contributed by atoms with van der Waals surface area (Å²) in [7, 11) is -3.06. The summed E-state index contributed by atoms with van der Waals surface area (Å²) in [4.78, 5) is 5.26. The second-order valence-corrected chi connectivity index (χ2v) is 6.19. The monoisotopic (exact) mass is 248 g/mol. The van der Waals surface area contributed by atoms with E-state index in [1.807, 2.05) is 13.8 Å². The fourth-order valence-electron chi connectivity index (χ4n) is 1.23. The van der Waals surface area contributed by atoms with Crippen molar-refractivity contribution >= 4 is 21.4 Å². The SMILES string of the molecule is CCCS(=O)(=O)NCCc1scnc1C. The Bertz CT molecular complexity index is 398. The molecule has 86 valence electrons. The van der Waals surface area contributed by atoms with Gasteiger partial charge in [-0.2, -0.15) is 0 Å². The van der Waals surface area contributed by atoms with Gasteiger partial charge in [0.15, 0.2) is 0 Å². The van der Waals surface area contributed by atoms with Crippen molar-refractivity contribution in [2.45, 2.75) is 26.7 Å². The standard InChI is InChI=1S/C9H16N2O2S2/c1-3-6-15(12,13)11-5-4-9-8(2)10-7-14-9/h7,11H,3-6H2,1-2H3. The van der Waals surface area contributed by atoms with Gasteiger partial charge < -0.3 is 0 Å². The van der Waals surface area contributed by atoms with Crippen molar-refractivity contribution in [1.29, 1.82) is 0 Å².